The van der Waals surface area contributed by atoms with Crippen molar-refractivity contribution < 1.29 is 9.53 Å². The fourth-order valence-corrected chi connectivity index (χ4v) is 1.72. The fourth-order valence-electron chi connectivity index (χ4n) is 1.72. The van der Waals surface area contributed by atoms with E-state index in [0.29, 0.717) is 18.6 Å². The third kappa shape index (κ3) is 2.28. The van der Waals surface area contributed by atoms with Crippen LogP contribution in [0.3, 0.4) is 0 Å². The highest BCUT2D eigenvalue weighted by molar-refractivity contribution is 5.93. The second kappa shape index (κ2) is 4.65. The summed E-state index contributed by atoms with van der Waals surface area (Å²) >= 11 is 0. The van der Waals surface area contributed by atoms with E-state index in [1.54, 1.807) is 19.4 Å². The molecule has 0 unspecified atom stereocenters. The zero-order valence-corrected chi connectivity index (χ0v) is 10.5. The lowest BCUT2D eigenvalue weighted by molar-refractivity contribution is 0.0936. The highest BCUT2D eigenvalue weighted by Crippen LogP contribution is 2.34. The van der Waals surface area contributed by atoms with Crippen LogP contribution in [0.25, 0.3) is 0 Å². The first-order valence-electron chi connectivity index (χ1n) is 5.91. The van der Waals surface area contributed by atoms with E-state index in [-0.39, 0.29) is 11.6 Å². The quantitative estimate of drug-likeness (QED) is 0.870. The van der Waals surface area contributed by atoms with Gasteiger partial charge >= 0.3 is 0 Å². The Kier molecular flexibility index (Phi) is 3.19. The number of rotatable bonds is 4. The number of methoxy groups -OCH3 is 1. The first kappa shape index (κ1) is 12.4. The summed E-state index contributed by atoms with van der Waals surface area (Å²) < 4.78 is 5.21. The second-order valence-electron chi connectivity index (χ2n) is 4.38. The van der Waals surface area contributed by atoms with E-state index < -0.39 is 5.54 Å². The van der Waals surface area contributed by atoms with Gasteiger partial charge in [-0.25, -0.2) is 0 Å². The Balaban J connectivity index is 2.18. The number of nitrogens with zero attached hydrogens (tertiary/aromatic N) is 2. The number of carbonyl (C=O) groups excluding carboxylic acids is 1. The Bertz CT molecular complexity index is 515. The molecule has 1 aromatic heterocycles. The number of aryl methyl sites for hydroxylation is 1. The van der Waals surface area contributed by atoms with Crippen LogP contribution in [-0.4, -0.2) is 23.5 Å². The molecule has 0 saturated heterocycles. The highest BCUT2D eigenvalue weighted by Gasteiger charge is 2.44. The van der Waals surface area contributed by atoms with Crippen LogP contribution in [0.1, 0.15) is 35.8 Å². The van der Waals surface area contributed by atoms with Crippen LogP contribution in [-0.2, 0) is 6.42 Å². The molecule has 1 aromatic rings. The van der Waals surface area contributed by atoms with Crippen LogP contribution in [0.2, 0.25) is 0 Å². The van der Waals surface area contributed by atoms with Crippen molar-refractivity contribution >= 4 is 5.91 Å². The van der Waals surface area contributed by atoms with Crippen molar-refractivity contribution in [1.82, 2.24) is 10.3 Å². The normalized spacial score (nSPS) is 15.6. The zero-order chi connectivity index (χ0) is 13.2. The largest absolute Gasteiger partial charge is 0.496 e. The highest BCUT2D eigenvalue weighted by atomic mass is 16.5. The van der Waals surface area contributed by atoms with Crippen LogP contribution in [0.4, 0.5) is 0 Å². The third-order valence-electron chi connectivity index (χ3n) is 3.09. The summed E-state index contributed by atoms with van der Waals surface area (Å²) in [4.78, 5) is 16.0. The van der Waals surface area contributed by atoms with E-state index in [1.807, 2.05) is 6.92 Å². The van der Waals surface area contributed by atoms with Crippen LogP contribution < -0.4 is 10.1 Å². The molecular formula is C13H15N3O2. The van der Waals surface area contributed by atoms with Crippen molar-refractivity contribution in [1.29, 1.82) is 5.26 Å². The van der Waals surface area contributed by atoms with E-state index in [2.05, 4.69) is 16.4 Å². The summed E-state index contributed by atoms with van der Waals surface area (Å²) in [6.45, 7) is 1.99. The predicted molar refractivity (Wildman–Crippen MR) is 65.2 cm³/mol. The van der Waals surface area contributed by atoms with Gasteiger partial charge in [-0.05, 0) is 19.3 Å². The van der Waals surface area contributed by atoms with Crippen molar-refractivity contribution in [2.75, 3.05) is 7.11 Å². The van der Waals surface area contributed by atoms with Gasteiger partial charge in [-0.3, -0.25) is 9.78 Å². The minimum Gasteiger partial charge on any atom is -0.496 e. The number of hydrogen-bond donors (Lipinski definition) is 1. The first-order valence-corrected chi connectivity index (χ1v) is 5.91. The van der Waals surface area contributed by atoms with Gasteiger partial charge < -0.3 is 10.1 Å². The molecule has 5 heteroatoms. The Morgan fingerprint density at radius 3 is 2.89 bits per heavy atom. The smallest absolute Gasteiger partial charge is 0.271 e. The van der Waals surface area contributed by atoms with Crippen LogP contribution in [0, 0.1) is 11.3 Å². The number of hydrogen-bond acceptors (Lipinski definition) is 4. The van der Waals surface area contributed by atoms with Gasteiger partial charge in [-0.1, -0.05) is 6.92 Å². The Labute approximate surface area is 106 Å². The Morgan fingerprint density at radius 2 is 2.39 bits per heavy atom. The summed E-state index contributed by atoms with van der Waals surface area (Å²) in [7, 11) is 1.56. The van der Waals surface area contributed by atoms with Gasteiger partial charge in [-0.15, -0.1) is 0 Å². The van der Waals surface area contributed by atoms with Crippen molar-refractivity contribution in [2.45, 2.75) is 31.7 Å². The first-order chi connectivity index (χ1) is 8.64. The van der Waals surface area contributed by atoms with Crippen LogP contribution >= 0.6 is 0 Å². The molecule has 1 fully saturated rings. The molecular weight excluding hydrogens is 230 g/mol. The summed E-state index contributed by atoms with van der Waals surface area (Å²) in [5.74, 6) is 0.328. The molecule has 18 heavy (non-hydrogen) atoms. The van der Waals surface area contributed by atoms with Crippen molar-refractivity contribution in [3.63, 3.8) is 0 Å². The molecule has 1 aliphatic carbocycles. The number of pyridine rings is 1. The molecule has 94 valence electrons. The standard InChI is InChI=1S/C13H15N3O2/c1-3-9-7-15-10(6-11(9)18-2)12(17)16-13(8-14)4-5-13/h6-7H,3-5H2,1-2H3,(H,16,17). The van der Waals surface area contributed by atoms with Gasteiger partial charge in [0.25, 0.3) is 5.91 Å². The third-order valence-corrected chi connectivity index (χ3v) is 3.09. The monoisotopic (exact) mass is 245 g/mol. The number of aromatic nitrogens is 1. The number of carbonyl (C=O) groups is 1. The summed E-state index contributed by atoms with van der Waals surface area (Å²) in [6.07, 6.45) is 3.85. The van der Waals surface area contributed by atoms with Crippen LogP contribution in [0.5, 0.6) is 5.75 Å². The molecule has 0 aliphatic heterocycles. The van der Waals surface area contributed by atoms with E-state index in [9.17, 15) is 4.79 Å². The topological polar surface area (TPSA) is 75.0 Å². The number of nitrogens with one attached hydrogen (secondary N) is 1. The van der Waals surface area contributed by atoms with Crippen LogP contribution in [0.15, 0.2) is 12.3 Å². The lowest BCUT2D eigenvalue weighted by atomic mass is 10.2. The van der Waals surface area contributed by atoms with Gasteiger partial charge in [0.05, 0.1) is 13.2 Å². The van der Waals surface area contributed by atoms with Gasteiger partial charge in [0, 0.05) is 17.8 Å². The summed E-state index contributed by atoms with van der Waals surface area (Å²) in [5, 5.41) is 11.6. The zero-order valence-electron chi connectivity index (χ0n) is 10.5. The van der Waals surface area contributed by atoms with Crippen molar-refractivity contribution in [3.8, 4) is 11.8 Å². The minimum atomic E-state index is -0.671. The molecule has 1 amide bonds. The van der Waals surface area contributed by atoms with Gasteiger partial charge in [0.15, 0.2) is 0 Å². The Morgan fingerprint density at radius 1 is 1.67 bits per heavy atom. The maximum atomic E-state index is 11.9. The number of amides is 1. The lowest BCUT2D eigenvalue weighted by Gasteiger charge is -2.11. The van der Waals surface area contributed by atoms with Gasteiger partial charge in [0.2, 0.25) is 0 Å². The van der Waals surface area contributed by atoms with Crippen molar-refractivity contribution in [2.24, 2.45) is 0 Å². The maximum absolute atomic E-state index is 11.9. The number of nitriles is 1. The van der Waals surface area contributed by atoms with Gasteiger partial charge in [-0.2, -0.15) is 5.26 Å². The molecule has 5 nitrogen and oxygen atoms in total. The molecule has 1 N–H and O–H groups in total. The average molecular weight is 245 g/mol. The molecule has 0 spiro atoms. The second-order valence-corrected chi connectivity index (χ2v) is 4.38. The fraction of sp³-hybridized carbons (Fsp3) is 0.462. The van der Waals surface area contributed by atoms with Gasteiger partial charge in [0.1, 0.15) is 17.0 Å². The lowest BCUT2D eigenvalue weighted by Crippen LogP contribution is -2.36. The van der Waals surface area contributed by atoms with Crippen molar-refractivity contribution in [3.05, 3.63) is 23.5 Å². The molecule has 0 aromatic carbocycles. The molecule has 1 heterocycles. The summed E-state index contributed by atoms with van der Waals surface area (Å²) in [6, 6.07) is 3.73. The predicted octanol–water partition coefficient (Wildman–Crippen LogP) is 1.44. The number of ether oxygens (including phenoxy) is 1. The average Bonchev–Trinajstić information content (AvgIpc) is 3.18. The Hall–Kier alpha value is -2.09. The minimum absolute atomic E-state index is 0.283. The van der Waals surface area contributed by atoms with E-state index in [0.717, 1.165) is 12.0 Å². The SMILES string of the molecule is CCc1cnc(C(=O)NC2(C#N)CC2)cc1OC. The molecule has 1 saturated carbocycles. The summed E-state index contributed by atoms with van der Waals surface area (Å²) in [5.41, 5.74) is 0.566. The molecule has 0 atom stereocenters. The molecule has 1 aliphatic rings. The molecule has 0 bridgehead atoms. The van der Waals surface area contributed by atoms with E-state index in [1.165, 1.54) is 0 Å². The maximum Gasteiger partial charge on any atom is 0.271 e. The molecule has 0 radical (unpaired) electrons. The molecule has 2 rings (SSSR count). The van der Waals surface area contributed by atoms with E-state index in [4.69, 9.17) is 10.00 Å². The van der Waals surface area contributed by atoms with E-state index >= 15 is 0 Å².